The zero-order valence-electron chi connectivity index (χ0n) is 69.6. The van der Waals surface area contributed by atoms with Gasteiger partial charge in [0.05, 0.1) is 34.7 Å². The lowest BCUT2D eigenvalue weighted by Gasteiger charge is -2.10. The first kappa shape index (κ1) is 95.7. The predicted molar refractivity (Wildman–Crippen MR) is 496 cm³/mol. The third-order valence-corrected chi connectivity index (χ3v) is 18.8. The Morgan fingerprint density at radius 3 is 0.813 bits per heavy atom. The van der Waals surface area contributed by atoms with Gasteiger partial charge in [0.25, 0.3) is 0 Å². The van der Waals surface area contributed by atoms with E-state index >= 15 is 0 Å². The summed E-state index contributed by atoms with van der Waals surface area (Å²) in [5.41, 5.74) is 16.6. The van der Waals surface area contributed by atoms with Crippen LogP contribution in [0.5, 0.6) is 28.7 Å². The van der Waals surface area contributed by atoms with Crippen molar-refractivity contribution in [1.82, 2.24) is 0 Å². The molecule has 0 bridgehead atoms. The van der Waals surface area contributed by atoms with Crippen LogP contribution in [0.25, 0.3) is 24.3 Å². The van der Waals surface area contributed by atoms with Crippen molar-refractivity contribution in [3.63, 3.8) is 0 Å². The normalized spacial score (nSPS) is 10.2. The van der Waals surface area contributed by atoms with Gasteiger partial charge >= 0.3 is 23.9 Å². The first-order valence-corrected chi connectivity index (χ1v) is 40.4. The molecule has 0 heterocycles. The van der Waals surface area contributed by atoms with Gasteiger partial charge in [-0.25, -0.2) is 19.2 Å². The molecule has 0 fully saturated rings. The highest BCUT2D eigenvalue weighted by molar-refractivity contribution is 6.40. The molecule has 0 spiro atoms. The van der Waals surface area contributed by atoms with Crippen LogP contribution in [0.1, 0.15) is 176 Å². The molecule has 13 aromatic rings. The molecule has 14 nitrogen and oxygen atoms in total. The minimum absolute atomic E-state index is 0.0174. The predicted octanol–water partition coefficient (Wildman–Crippen LogP) is 25.3. The first-order valence-electron chi connectivity index (χ1n) is 39.3. The van der Waals surface area contributed by atoms with Crippen molar-refractivity contribution in [2.24, 2.45) is 0 Å². The third-order valence-electron chi connectivity index (χ3n) is 18.8. The number of aromatic carboxylic acids is 1. The number of carboxylic acids is 1. The molecule has 0 radical (unpaired) electrons. The number of halogens is 2. The average molecular weight is 1680 g/mol. The van der Waals surface area contributed by atoms with Crippen molar-refractivity contribution < 1.29 is 67.5 Å². The molecule has 1 unspecified atom stereocenters. The minimum Gasteiger partial charge on any atom is -0.508 e. The summed E-state index contributed by atoms with van der Waals surface area (Å²) in [7, 11) is 1.59. The molecule has 0 aliphatic rings. The average Bonchev–Trinajstić information content (AvgIpc) is 0.977. The Morgan fingerprint density at radius 1 is 0.325 bits per heavy atom. The van der Waals surface area contributed by atoms with Crippen molar-refractivity contribution >= 4 is 94.5 Å². The number of ether oxygens (including phenoxy) is 4. The van der Waals surface area contributed by atoms with Crippen LogP contribution >= 0.6 is 23.2 Å². The van der Waals surface area contributed by atoms with E-state index in [1.165, 1.54) is 11.1 Å². The summed E-state index contributed by atoms with van der Waals surface area (Å²) in [6.07, 6.45) is 9.24. The van der Waals surface area contributed by atoms with Gasteiger partial charge in [0.1, 0.15) is 28.7 Å². The van der Waals surface area contributed by atoms with Crippen molar-refractivity contribution in [1.29, 1.82) is 0 Å². The van der Waals surface area contributed by atoms with Crippen LogP contribution in [0.3, 0.4) is 0 Å². The van der Waals surface area contributed by atoms with Gasteiger partial charge in [-0.3, -0.25) is 19.2 Å². The van der Waals surface area contributed by atoms with Gasteiger partial charge in [-0.15, -0.1) is 23.2 Å². The molecule has 1 atom stereocenters. The fraction of sp³-hybridized carbons (Fsp3) is 0.121. The van der Waals surface area contributed by atoms with Crippen LogP contribution in [0.2, 0.25) is 0 Å². The lowest BCUT2D eigenvalue weighted by atomic mass is 9.98. The van der Waals surface area contributed by atoms with Gasteiger partial charge in [-0.2, -0.15) is 0 Å². The number of methoxy groups -OCH3 is 1. The van der Waals surface area contributed by atoms with Crippen LogP contribution < -0.4 is 18.9 Å². The smallest absolute Gasteiger partial charge is 0.343 e. The van der Waals surface area contributed by atoms with Gasteiger partial charge < -0.3 is 29.2 Å². The number of carbonyl (C=O) groups excluding carboxylic acids is 7. The van der Waals surface area contributed by atoms with Crippen LogP contribution in [0, 0.1) is 20.8 Å². The number of phenolic OH excluding ortho intramolecular Hbond substituents is 1. The van der Waals surface area contributed by atoms with Gasteiger partial charge in [-0.05, 0) is 205 Å². The Bertz CT molecular complexity index is 5410. The van der Waals surface area contributed by atoms with Crippen LogP contribution in [-0.4, -0.2) is 69.7 Å². The largest absolute Gasteiger partial charge is 0.508 e. The molecular weight excluding hydrogens is 1580 g/mol. The number of aromatic hydroxyl groups is 1. The zero-order valence-corrected chi connectivity index (χ0v) is 71.1. The summed E-state index contributed by atoms with van der Waals surface area (Å²) < 4.78 is 21.3. The Balaban J connectivity index is 0.000000210. The molecular formula is C107H98Cl2O14. The van der Waals surface area contributed by atoms with E-state index in [-0.39, 0.29) is 40.6 Å². The number of Topliss-reactive ketones (excluding diaryl/α,β-unsaturated/α-hetero) is 4. The van der Waals surface area contributed by atoms with Crippen LogP contribution in [0.4, 0.5) is 0 Å². The number of carbonyl (C=O) groups is 8. The van der Waals surface area contributed by atoms with Gasteiger partial charge in [0.15, 0.2) is 23.1 Å². The van der Waals surface area contributed by atoms with Crippen molar-refractivity contribution in [2.75, 3.05) is 12.4 Å². The maximum atomic E-state index is 12.4. The van der Waals surface area contributed by atoms with Crippen molar-refractivity contribution in [2.45, 2.75) is 72.6 Å². The maximum absolute atomic E-state index is 12.4. The zero-order chi connectivity index (χ0) is 89.0. The summed E-state index contributed by atoms with van der Waals surface area (Å²) in [5, 5.41) is 17.9. The quantitative estimate of drug-likeness (QED) is 0.0223. The van der Waals surface area contributed by atoms with Gasteiger partial charge in [-0.1, -0.05) is 281 Å². The molecule has 16 heteroatoms. The maximum Gasteiger partial charge on any atom is 0.343 e. The van der Waals surface area contributed by atoms with Crippen LogP contribution in [0.15, 0.2) is 348 Å². The number of esters is 3. The first-order chi connectivity index (χ1) is 59.3. The van der Waals surface area contributed by atoms with E-state index in [0.29, 0.717) is 87.1 Å². The number of alkyl halides is 2. The number of rotatable bonds is 26. The van der Waals surface area contributed by atoms with E-state index in [0.717, 1.165) is 67.6 Å². The number of hydrogen-bond donors (Lipinski definition) is 2. The Kier molecular flexibility index (Phi) is 39.8. The summed E-state index contributed by atoms with van der Waals surface area (Å²) in [4.78, 5) is 96.2. The number of hydrogen-bond acceptors (Lipinski definition) is 13. The third kappa shape index (κ3) is 33.4. The molecule has 13 aromatic carbocycles. The molecule has 0 saturated heterocycles. The van der Waals surface area contributed by atoms with E-state index in [9.17, 15) is 38.4 Å². The highest BCUT2D eigenvalue weighted by Gasteiger charge is 2.16. The SMILES string of the molecule is C=Cc1ccc(C(=O)O)cc1.C=Cc1ccc(C(=O)Oc2ccc(CC(=O)c3ccc(C)cc3)cc2)cc1.C=Cc1ccc(C(=O)Oc2ccc(CC(=O)c3ccc(C)cc3)cc2)cc1.C=Cc1ccccc1.CCC(C)c1ccc(C(=O)Oc2ccc(CC(=O)c3ccc(OC)cc3)cc2)cc1.Cc1ccc(C(=O)Cc2ccc(O)cc2)cc1.ClCCl. The second-order valence-electron chi connectivity index (χ2n) is 27.9. The highest BCUT2D eigenvalue weighted by atomic mass is 35.5. The number of carboxylic acid groups (broad SMARTS) is 1. The second kappa shape index (κ2) is 51.1. The van der Waals surface area contributed by atoms with Crippen molar-refractivity contribution in [3.05, 3.63) is 459 Å². The lowest BCUT2D eigenvalue weighted by molar-refractivity contribution is 0.0691. The lowest BCUT2D eigenvalue weighted by Crippen LogP contribution is -2.09. The Labute approximate surface area is 730 Å². The number of phenols is 1. The van der Waals surface area contributed by atoms with E-state index in [1.54, 1.807) is 207 Å². The molecule has 123 heavy (non-hydrogen) atoms. The monoisotopic (exact) mass is 1680 g/mol. The van der Waals surface area contributed by atoms with E-state index in [2.05, 4.69) is 40.2 Å². The molecule has 0 saturated carbocycles. The summed E-state index contributed by atoms with van der Waals surface area (Å²) >= 11 is 9.53. The molecule has 624 valence electrons. The van der Waals surface area contributed by atoms with Gasteiger partial charge in [0, 0.05) is 47.9 Å². The summed E-state index contributed by atoms with van der Waals surface area (Å²) in [6.45, 7) is 24.8. The molecule has 0 aliphatic carbocycles. The molecule has 0 aromatic heterocycles. The molecule has 13 rings (SSSR count). The Morgan fingerprint density at radius 2 is 0.561 bits per heavy atom. The number of benzene rings is 13. The van der Waals surface area contributed by atoms with E-state index < -0.39 is 23.9 Å². The Hall–Kier alpha value is -14.4. The molecule has 2 N–H and O–H groups in total. The number of ketones is 4. The fourth-order valence-corrected chi connectivity index (χ4v) is 11.3. The summed E-state index contributed by atoms with van der Waals surface area (Å²) in [6, 6.07) is 95.6. The van der Waals surface area contributed by atoms with Crippen LogP contribution in [-0.2, 0) is 25.7 Å². The van der Waals surface area contributed by atoms with Gasteiger partial charge in [0.2, 0.25) is 0 Å². The minimum atomic E-state index is -0.902. The topological polar surface area (TPSA) is 214 Å². The number of aryl methyl sites for hydroxylation is 3. The molecule has 0 aliphatic heterocycles. The van der Waals surface area contributed by atoms with E-state index in [4.69, 9.17) is 52.4 Å². The summed E-state index contributed by atoms with van der Waals surface area (Å²) in [5.74, 6) is 0.817. The highest BCUT2D eigenvalue weighted by Crippen LogP contribution is 2.25. The molecule has 0 amide bonds. The second-order valence-corrected chi connectivity index (χ2v) is 28.7. The standard InChI is InChI=1S/C26H26O4.2C24H20O3.C15H14O2.C9H8O2.C8H8.CH2Cl2/c1-4-18(2)20-7-9-22(10-8-20)26(28)30-24-13-5-19(6-14-24)17-25(27)21-11-15-23(29-3)16-12-21;2*1-3-18-6-12-21(13-7-18)24(26)27-22-14-8-19(9-15-22)16-23(25)20-10-4-17(2)5-11-20;1-11-2-6-13(7-3-11)15(17)10-12-4-8-14(16)9-5-12;1-2-7-3-5-8(6-4-7)9(10)11;1-2-8-6-4-3-5-7-8;2-1-3/h5-16,18H,4,17H2,1-3H3;2*3-15H,1,16H2,2H3;2-9,16H,10H2,1H3;2-6H,1H2,(H,10,11);2-7H,1H2;1H2. The fourth-order valence-electron chi connectivity index (χ4n) is 11.3. The van der Waals surface area contributed by atoms with E-state index in [1.807, 2.05) is 166 Å². The van der Waals surface area contributed by atoms with Crippen molar-refractivity contribution in [3.8, 4) is 28.7 Å².